The van der Waals surface area contributed by atoms with Crippen LogP contribution < -0.4 is 0 Å². The average Bonchev–Trinajstić information content (AvgIpc) is 4.12. The van der Waals surface area contributed by atoms with Gasteiger partial charge < -0.3 is 13.7 Å². The third-order valence-electron chi connectivity index (χ3n) is 8.58. The summed E-state index contributed by atoms with van der Waals surface area (Å²) in [7, 11) is 0. The molecule has 11 rings (SSSR count). The predicted molar refractivity (Wildman–Crippen MR) is 215 cm³/mol. The highest BCUT2D eigenvalue weighted by atomic mass is 15.1. The van der Waals surface area contributed by atoms with E-state index in [1.807, 2.05) is 0 Å². The Morgan fingerprint density at radius 1 is 0.353 bits per heavy atom. The quantitative estimate of drug-likeness (QED) is 0.176. The summed E-state index contributed by atoms with van der Waals surface area (Å²) in [5.41, 5.74) is -7.65. The second-order valence-corrected chi connectivity index (χ2v) is 11.2. The third-order valence-corrected chi connectivity index (χ3v) is 8.58. The number of benzene rings is 8. The van der Waals surface area contributed by atoms with Crippen molar-refractivity contribution >= 4 is 65.4 Å². The van der Waals surface area contributed by atoms with Crippen LogP contribution in [0.5, 0.6) is 0 Å². The van der Waals surface area contributed by atoms with Crippen LogP contribution in [-0.2, 0) is 0 Å². The number of hydrogen-bond donors (Lipinski definition) is 0. The summed E-state index contributed by atoms with van der Waals surface area (Å²) >= 11 is 0. The molecule has 0 saturated carbocycles. The molecule has 0 spiro atoms. The number of para-hydroxylation sites is 5. The molecular formula is C48H31N3. The fraction of sp³-hybridized carbons (Fsp3) is 0. The molecule has 0 aliphatic rings. The summed E-state index contributed by atoms with van der Waals surface area (Å²) in [6.45, 7) is 0. The molecule has 0 fully saturated rings. The van der Waals surface area contributed by atoms with Gasteiger partial charge in [0.2, 0.25) is 0 Å². The molecule has 11 aromatic rings. The lowest BCUT2D eigenvalue weighted by atomic mass is 10.1. The molecule has 0 radical (unpaired) electrons. The van der Waals surface area contributed by atoms with Crippen molar-refractivity contribution < 1.29 is 39.8 Å². The molecule has 0 amide bonds. The Morgan fingerprint density at radius 3 is 1.71 bits per heavy atom. The van der Waals surface area contributed by atoms with Crippen LogP contribution in [0.2, 0.25) is 0 Å². The standard InChI is InChI=1S/C48H31N3/c1-2-15-32(16-3-1)33-17-12-18-34(31-33)49-40-24-8-6-21-37(40)38-23-13-30-46(48(38)49)51-43-27-11-7-22-39(43)47-44(28-14-29-45(47)51)50-41-25-9-4-19-35(41)36-20-5-10-26-42(36)50/h1-31H/i1D,2D,3D,4D,5D,6D,8D,9D,10D,11D,12D,13D,14D,15D,17D,18D,19D,20D,21D,22D,23D,24D,25D,26D,27D,28D,29D,30D,31D. The fourth-order valence-corrected chi connectivity index (χ4v) is 6.57. The van der Waals surface area contributed by atoms with Crippen molar-refractivity contribution in [3.8, 4) is 28.2 Å². The summed E-state index contributed by atoms with van der Waals surface area (Å²) in [5, 5.41) is -3.33. The van der Waals surface area contributed by atoms with E-state index < -0.39 is 269 Å². The monoisotopic (exact) mass is 678 g/mol. The summed E-state index contributed by atoms with van der Waals surface area (Å²) in [4.78, 5) is 0. The van der Waals surface area contributed by atoms with Crippen LogP contribution in [0.4, 0.5) is 0 Å². The molecule has 0 aliphatic carbocycles. The van der Waals surface area contributed by atoms with E-state index >= 15 is 0 Å². The average molecular weight is 679 g/mol. The van der Waals surface area contributed by atoms with Crippen molar-refractivity contribution in [1.82, 2.24) is 13.7 Å². The first-order chi connectivity index (χ1) is 37.4. The minimum absolute atomic E-state index is 0.490. The van der Waals surface area contributed by atoms with Gasteiger partial charge in [-0.15, -0.1) is 0 Å². The topological polar surface area (TPSA) is 14.8 Å². The van der Waals surface area contributed by atoms with Gasteiger partial charge in [0.25, 0.3) is 0 Å². The highest BCUT2D eigenvalue weighted by Gasteiger charge is 2.22. The van der Waals surface area contributed by atoms with Crippen LogP contribution in [0.3, 0.4) is 0 Å². The lowest BCUT2D eigenvalue weighted by Gasteiger charge is -2.15. The predicted octanol–water partition coefficient (Wildman–Crippen LogP) is 12.6. The maximum atomic E-state index is 9.84. The van der Waals surface area contributed by atoms with Crippen LogP contribution in [0.15, 0.2) is 187 Å². The Morgan fingerprint density at radius 2 is 0.902 bits per heavy atom. The van der Waals surface area contributed by atoms with Gasteiger partial charge in [-0.2, -0.15) is 0 Å². The van der Waals surface area contributed by atoms with Gasteiger partial charge in [0, 0.05) is 38.0 Å². The van der Waals surface area contributed by atoms with Gasteiger partial charge in [-0.05, 0) is 65.5 Å². The molecule has 3 aromatic heterocycles. The third kappa shape index (κ3) is 4.00. The maximum absolute atomic E-state index is 9.84. The van der Waals surface area contributed by atoms with E-state index in [0.717, 1.165) is 25.8 Å². The van der Waals surface area contributed by atoms with E-state index in [2.05, 4.69) is 0 Å². The van der Waals surface area contributed by atoms with Gasteiger partial charge in [0.05, 0.1) is 84.2 Å². The lowest BCUT2D eigenvalue weighted by molar-refractivity contribution is 1.13. The number of rotatable bonds is 4. The van der Waals surface area contributed by atoms with E-state index in [9.17, 15) is 19.2 Å². The van der Waals surface area contributed by atoms with E-state index in [-0.39, 0.29) is 0 Å². The Kier molecular flexibility index (Phi) is 2.53. The smallest absolute Gasteiger partial charge is 0.0782 e. The SMILES string of the molecule is [2H]c1cc(-c2c([2H])c([2H])c([2H])c(-n3c4c([2H])c([2H])c([2H])c([2H])c4c4c([2H])c([2H])c([2H])c(-n5c6c([2H])c([2H])cc([2H])c6c6c(-n7c8c([2H])c([2H])c([2H])c([2H])c8c8c([2H])c([2H])c([2H])c([2H])c87)c([2H])c([2H])c([2H])c65)c43)c2[2H])c([2H])c([2H])c1[2H]. The van der Waals surface area contributed by atoms with Crippen LogP contribution in [0.1, 0.15) is 39.8 Å². The first-order valence-corrected chi connectivity index (χ1v) is 15.2. The zero-order valence-electron chi connectivity index (χ0n) is 54.5. The molecule has 0 atom stereocenters. The van der Waals surface area contributed by atoms with E-state index in [4.69, 9.17) is 20.6 Å². The molecule has 3 heteroatoms. The minimum Gasteiger partial charge on any atom is -0.309 e. The molecule has 0 unspecified atom stereocenters. The normalized spacial score (nSPS) is 19.9. The Bertz CT molecular complexity index is 4740. The number of hydrogen-bond acceptors (Lipinski definition) is 0. The first kappa shape index (κ1) is 11.9. The van der Waals surface area contributed by atoms with Crippen molar-refractivity contribution in [2.45, 2.75) is 0 Å². The largest absolute Gasteiger partial charge is 0.309 e. The molecule has 0 saturated heterocycles. The van der Waals surface area contributed by atoms with E-state index in [1.165, 1.54) is 0 Å². The van der Waals surface area contributed by atoms with Crippen molar-refractivity contribution in [2.75, 3.05) is 0 Å². The Labute approximate surface area is 335 Å². The zero-order valence-corrected chi connectivity index (χ0v) is 25.5. The van der Waals surface area contributed by atoms with Gasteiger partial charge in [-0.3, -0.25) is 0 Å². The summed E-state index contributed by atoms with van der Waals surface area (Å²) in [6, 6.07) is -24.1. The minimum atomic E-state index is -1.07. The molecule has 3 nitrogen and oxygen atoms in total. The number of nitrogens with zero attached hydrogens (tertiary/aromatic N) is 3. The van der Waals surface area contributed by atoms with Crippen molar-refractivity contribution in [3.05, 3.63) is 187 Å². The van der Waals surface area contributed by atoms with Gasteiger partial charge in [-0.1, -0.05) is 133 Å². The molecule has 0 bridgehead atoms. The lowest BCUT2D eigenvalue weighted by Crippen LogP contribution is -2.01. The van der Waals surface area contributed by atoms with Crippen molar-refractivity contribution in [1.29, 1.82) is 0 Å². The second-order valence-electron chi connectivity index (χ2n) is 11.2. The molecule has 0 N–H and O–H groups in total. The van der Waals surface area contributed by atoms with Crippen LogP contribution in [0.25, 0.3) is 93.6 Å². The summed E-state index contributed by atoms with van der Waals surface area (Å²) in [6.07, 6.45) is 0. The second kappa shape index (κ2) is 10.8. The zero-order chi connectivity index (χ0) is 58.7. The molecule has 0 aliphatic heterocycles. The van der Waals surface area contributed by atoms with Crippen LogP contribution >= 0.6 is 0 Å². The van der Waals surface area contributed by atoms with Crippen molar-refractivity contribution in [3.63, 3.8) is 0 Å². The van der Waals surface area contributed by atoms with Gasteiger partial charge in [0.15, 0.2) is 0 Å². The van der Waals surface area contributed by atoms with E-state index in [1.54, 1.807) is 0 Å². The Balaban J connectivity index is 1.49. The molecule has 238 valence electrons. The number of aromatic nitrogens is 3. The van der Waals surface area contributed by atoms with Gasteiger partial charge in [0.1, 0.15) is 0 Å². The van der Waals surface area contributed by atoms with Crippen molar-refractivity contribution in [2.24, 2.45) is 0 Å². The summed E-state index contributed by atoms with van der Waals surface area (Å²) < 4.78 is 267. The molecule has 51 heavy (non-hydrogen) atoms. The highest BCUT2D eigenvalue weighted by molar-refractivity contribution is 6.18. The van der Waals surface area contributed by atoms with Gasteiger partial charge >= 0.3 is 0 Å². The fourth-order valence-electron chi connectivity index (χ4n) is 6.57. The number of fused-ring (bicyclic) bond motifs is 9. The Hall–Kier alpha value is -6.84. The first-order valence-electron chi connectivity index (χ1n) is 29.7. The molecule has 3 heterocycles. The highest BCUT2D eigenvalue weighted by Crippen LogP contribution is 2.43. The van der Waals surface area contributed by atoms with Crippen LogP contribution in [0, 0.1) is 0 Å². The summed E-state index contributed by atoms with van der Waals surface area (Å²) in [5.74, 6) is 0. The van der Waals surface area contributed by atoms with Crippen LogP contribution in [-0.4, -0.2) is 13.7 Å². The molecular weight excluding hydrogens is 619 g/mol. The van der Waals surface area contributed by atoms with E-state index in [0.29, 0.717) is 0 Å². The molecule has 8 aromatic carbocycles. The maximum Gasteiger partial charge on any atom is 0.0782 e. The van der Waals surface area contributed by atoms with Gasteiger partial charge in [-0.25, -0.2) is 0 Å².